The van der Waals surface area contributed by atoms with Crippen LogP contribution in [0.2, 0.25) is 0 Å². The highest BCUT2D eigenvalue weighted by Gasteiger charge is 2.24. The van der Waals surface area contributed by atoms with Gasteiger partial charge in [0.05, 0.1) is 25.1 Å². The van der Waals surface area contributed by atoms with Gasteiger partial charge < -0.3 is 14.4 Å². The Bertz CT molecular complexity index is 920. The molecule has 1 aromatic heterocycles. The molecule has 0 bridgehead atoms. The molecule has 0 spiro atoms. The number of esters is 1. The first-order valence-electron chi connectivity index (χ1n) is 11.3. The fourth-order valence-corrected chi connectivity index (χ4v) is 5.08. The SMILES string of the molecule is CCC[C@@H](Sc1ncc(CO)n1CCC(c1ccccc1)c1ccccc1)C(=O)OCC. The van der Waals surface area contributed by atoms with Crippen LogP contribution in [0.5, 0.6) is 0 Å². The summed E-state index contributed by atoms with van der Waals surface area (Å²) in [6, 6.07) is 21.0. The first-order valence-corrected chi connectivity index (χ1v) is 12.1. The maximum absolute atomic E-state index is 12.4. The van der Waals surface area contributed by atoms with Crippen molar-refractivity contribution in [3.05, 3.63) is 83.7 Å². The molecule has 170 valence electrons. The van der Waals surface area contributed by atoms with Gasteiger partial charge in [-0.15, -0.1) is 0 Å². The molecule has 0 aliphatic carbocycles. The fraction of sp³-hybridized carbons (Fsp3) is 0.385. The third kappa shape index (κ3) is 6.24. The van der Waals surface area contributed by atoms with E-state index in [1.807, 2.05) is 23.6 Å². The van der Waals surface area contributed by atoms with E-state index in [2.05, 4.69) is 60.4 Å². The molecule has 0 fully saturated rings. The van der Waals surface area contributed by atoms with E-state index in [0.29, 0.717) is 13.2 Å². The molecule has 1 N–H and O–H groups in total. The van der Waals surface area contributed by atoms with E-state index in [9.17, 15) is 9.90 Å². The van der Waals surface area contributed by atoms with Gasteiger partial charge in [0.1, 0.15) is 5.25 Å². The second-order valence-electron chi connectivity index (χ2n) is 7.65. The molecule has 5 nitrogen and oxygen atoms in total. The maximum atomic E-state index is 12.4. The summed E-state index contributed by atoms with van der Waals surface area (Å²) in [7, 11) is 0. The summed E-state index contributed by atoms with van der Waals surface area (Å²) in [5.41, 5.74) is 3.27. The molecule has 0 aliphatic heterocycles. The molecule has 3 aromatic rings. The Kier molecular flexibility index (Phi) is 9.38. The average Bonchev–Trinajstić information content (AvgIpc) is 3.22. The van der Waals surface area contributed by atoms with Gasteiger partial charge in [-0.1, -0.05) is 85.8 Å². The minimum atomic E-state index is -0.299. The van der Waals surface area contributed by atoms with E-state index in [4.69, 9.17) is 4.74 Å². The molecule has 0 aliphatic rings. The number of hydrogen-bond donors (Lipinski definition) is 1. The van der Waals surface area contributed by atoms with Crippen molar-refractivity contribution in [1.29, 1.82) is 0 Å². The molecule has 0 saturated carbocycles. The Hall–Kier alpha value is -2.57. The third-order valence-electron chi connectivity index (χ3n) is 5.46. The number of aromatic nitrogens is 2. The summed E-state index contributed by atoms with van der Waals surface area (Å²) in [4.78, 5) is 17.0. The molecule has 0 radical (unpaired) electrons. The van der Waals surface area contributed by atoms with Gasteiger partial charge >= 0.3 is 5.97 Å². The number of hydrogen-bond acceptors (Lipinski definition) is 5. The van der Waals surface area contributed by atoms with E-state index in [-0.39, 0.29) is 23.7 Å². The first-order chi connectivity index (χ1) is 15.7. The molecule has 0 amide bonds. The van der Waals surface area contributed by atoms with Crippen molar-refractivity contribution in [2.75, 3.05) is 6.61 Å². The Morgan fingerprint density at radius 1 is 1.03 bits per heavy atom. The van der Waals surface area contributed by atoms with Crippen LogP contribution in [0.4, 0.5) is 0 Å². The zero-order valence-corrected chi connectivity index (χ0v) is 19.6. The number of carbonyl (C=O) groups excluding carboxylic acids is 1. The standard InChI is InChI=1S/C26H32N2O3S/c1-3-11-24(25(30)31-4-2)32-26-27-18-22(19-29)28(26)17-16-23(20-12-7-5-8-13-20)21-14-9-6-10-15-21/h5-10,12-15,18,23-24,29H,3-4,11,16-17,19H2,1-2H3/t24-/m1/s1. The van der Waals surface area contributed by atoms with Crippen molar-refractivity contribution in [1.82, 2.24) is 9.55 Å². The summed E-state index contributed by atoms with van der Waals surface area (Å²) < 4.78 is 7.32. The van der Waals surface area contributed by atoms with Crippen LogP contribution >= 0.6 is 11.8 Å². The Balaban J connectivity index is 1.84. The number of benzene rings is 2. The summed E-state index contributed by atoms with van der Waals surface area (Å²) in [6.45, 7) is 4.85. The van der Waals surface area contributed by atoms with Gasteiger partial charge in [-0.3, -0.25) is 4.79 Å². The van der Waals surface area contributed by atoms with Crippen LogP contribution in [-0.2, 0) is 22.7 Å². The summed E-state index contributed by atoms with van der Waals surface area (Å²) in [6.07, 6.45) is 4.16. The number of ether oxygens (including phenoxy) is 1. The molecule has 3 rings (SSSR count). The van der Waals surface area contributed by atoms with Crippen LogP contribution < -0.4 is 0 Å². The lowest BCUT2D eigenvalue weighted by Crippen LogP contribution is -2.21. The van der Waals surface area contributed by atoms with Crippen LogP contribution in [0.1, 0.15) is 55.8 Å². The van der Waals surface area contributed by atoms with Gasteiger partial charge in [0, 0.05) is 12.5 Å². The number of nitrogens with zero attached hydrogens (tertiary/aromatic N) is 2. The minimum absolute atomic E-state index is 0.0905. The van der Waals surface area contributed by atoms with Crippen molar-refractivity contribution in [2.45, 2.75) is 62.6 Å². The predicted octanol–water partition coefficient (Wildman–Crippen LogP) is 5.42. The summed E-state index contributed by atoms with van der Waals surface area (Å²) in [5, 5.41) is 10.4. The summed E-state index contributed by atoms with van der Waals surface area (Å²) >= 11 is 1.43. The third-order valence-corrected chi connectivity index (χ3v) is 6.71. The number of thioether (sulfide) groups is 1. The van der Waals surface area contributed by atoms with Crippen LogP contribution in [0.25, 0.3) is 0 Å². The minimum Gasteiger partial charge on any atom is -0.465 e. The zero-order chi connectivity index (χ0) is 22.8. The Morgan fingerprint density at radius 2 is 1.66 bits per heavy atom. The highest BCUT2D eigenvalue weighted by Crippen LogP contribution is 2.32. The van der Waals surface area contributed by atoms with Crippen molar-refractivity contribution in [2.24, 2.45) is 0 Å². The average molecular weight is 453 g/mol. The van der Waals surface area contributed by atoms with Crippen LogP contribution in [0.15, 0.2) is 72.0 Å². The maximum Gasteiger partial charge on any atom is 0.319 e. The Morgan fingerprint density at radius 3 is 2.19 bits per heavy atom. The molecule has 0 unspecified atom stereocenters. The lowest BCUT2D eigenvalue weighted by atomic mass is 9.88. The van der Waals surface area contributed by atoms with E-state index >= 15 is 0 Å². The molecule has 0 saturated heterocycles. The molecular weight excluding hydrogens is 420 g/mol. The number of rotatable bonds is 12. The van der Waals surface area contributed by atoms with Gasteiger partial charge in [-0.2, -0.15) is 0 Å². The number of aliphatic hydroxyl groups is 1. The predicted molar refractivity (Wildman–Crippen MR) is 129 cm³/mol. The Labute approximate surface area is 194 Å². The lowest BCUT2D eigenvalue weighted by molar-refractivity contribution is -0.142. The molecule has 1 atom stereocenters. The second-order valence-corrected chi connectivity index (χ2v) is 8.82. The van der Waals surface area contributed by atoms with Gasteiger partial charge in [-0.25, -0.2) is 4.98 Å². The normalized spacial score (nSPS) is 12.1. The largest absolute Gasteiger partial charge is 0.465 e. The van der Waals surface area contributed by atoms with E-state index < -0.39 is 0 Å². The quantitative estimate of drug-likeness (QED) is 0.294. The highest BCUT2D eigenvalue weighted by molar-refractivity contribution is 8.00. The van der Waals surface area contributed by atoms with Gasteiger partial charge in [-0.05, 0) is 30.9 Å². The monoisotopic (exact) mass is 452 g/mol. The lowest BCUT2D eigenvalue weighted by Gasteiger charge is -2.21. The van der Waals surface area contributed by atoms with Crippen molar-refractivity contribution in [3.63, 3.8) is 0 Å². The van der Waals surface area contributed by atoms with Crippen LogP contribution in [0, 0.1) is 0 Å². The van der Waals surface area contributed by atoms with Crippen molar-refractivity contribution < 1.29 is 14.6 Å². The second kappa shape index (κ2) is 12.5. The van der Waals surface area contributed by atoms with E-state index in [1.54, 1.807) is 6.20 Å². The number of imidazole rings is 1. The zero-order valence-electron chi connectivity index (χ0n) is 18.8. The molecular formula is C26H32N2O3S. The number of carbonyl (C=O) groups is 1. The van der Waals surface area contributed by atoms with Crippen molar-refractivity contribution in [3.8, 4) is 0 Å². The topological polar surface area (TPSA) is 64.4 Å². The fourth-order valence-electron chi connectivity index (χ4n) is 3.86. The van der Waals surface area contributed by atoms with Crippen LogP contribution in [-0.4, -0.2) is 32.5 Å². The van der Waals surface area contributed by atoms with E-state index in [1.165, 1.54) is 22.9 Å². The van der Waals surface area contributed by atoms with Gasteiger partial charge in [0.25, 0.3) is 0 Å². The molecule has 32 heavy (non-hydrogen) atoms. The smallest absolute Gasteiger partial charge is 0.319 e. The first kappa shape index (κ1) is 24.1. The van der Waals surface area contributed by atoms with Gasteiger partial charge in [0.2, 0.25) is 0 Å². The van der Waals surface area contributed by atoms with Crippen molar-refractivity contribution >= 4 is 17.7 Å². The highest BCUT2D eigenvalue weighted by atomic mass is 32.2. The summed E-state index contributed by atoms with van der Waals surface area (Å²) in [5.74, 6) is 0.0200. The number of aliphatic hydroxyl groups excluding tert-OH is 1. The molecule has 2 aromatic carbocycles. The van der Waals surface area contributed by atoms with Crippen LogP contribution in [0.3, 0.4) is 0 Å². The molecule has 6 heteroatoms. The van der Waals surface area contributed by atoms with Gasteiger partial charge in [0.15, 0.2) is 5.16 Å². The van der Waals surface area contributed by atoms with E-state index in [0.717, 1.165) is 30.1 Å². The molecule has 1 heterocycles.